The molecule has 6 heteroatoms. The third kappa shape index (κ3) is 2.80. The maximum absolute atomic E-state index is 14.1. The van der Waals surface area contributed by atoms with Gasteiger partial charge in [-0.05, 0) is 63.1 Å². The van der Waals surface area contributed by atoms with E-state index >= 15 is 0 Å². The van der Waals surface area contributed by atoms with Gasteiger partial charge in [0.05, 0.1) is 17.9 Å². The van der Waals surface area contributed by atoms with Crippen LogP contribution in [0.25, 0.3) is 0 Å². The van der Waals surface area contributed by atoms with E-state index in [1.165, 1.54) is 0 Å². The maximum atomic E-state index is 14.1. The summed E-state index contributed by atoms with van der Waals surface area (Å²) in [4.78, 5) is 35.7. The van der Waals surface area contributed by atoms with Crippen molar-refractivity contribution in [3.05, 3.63) is 48.2 Å². The van der Waals surface area contributed by atoms with Crippen LogP contribution in [0.1, 0.15) is 50.5 Å². The molecule has 0 atom stereocenters. The van der Waals surface area contributed by atoms with Crippen molar-refractivity contribution in [2.75, 3.05) is 23.3 Å². The number of benzene rings is 1. The van der Waals surface area contributed by atoms with Crippen LogP contribution >= 0.6 is 0 Å². The molecule has 160 valence electrons. The van der Waals surface area contributed by atoms with Gasteiger partial charge in [-0.1, -0.05) is 18.2 Å². The molecule has 3 saturated carbocycles. The van der Waals surface area contributed by atoms with Gasteiger partial charge < -0.3 is 15.1 Å². The molecule has 3 heterocycles. The van der Waals surface area contributed by atoms with E-state index in [0.717, 1.165) is 80.8 Å². The van der Waals surface area contributed by atoms with Crippen molar-refractivity contribution in [2.45, 2.75) is 51.5 Å². The molecule has 31 heavy (non-hydrogen) atoms. The van der Waals surface area contributed by atoms with E-state index in [2.05, 4.69) is 10.3 Å². The summed E-state index contributed by atoms with van der Waals surface area (Å²) in [5, 5.41) is 3.42. The van der Waals surface area contributed by atoms with Crippen LogP contribution in [-0.2, 0) is 16.1 Å². The van der Waals surface area contributed by atoms with E-state index in [1.54, 1.807) is 6.20 Å². The minimum atomic E-state index is -0.350. The topological polar surface area (TPSA) is 65.5 Å². The normalized spacial score (nSPS) is 28.6. The van der Waals surface area contributed by atoms with E-state index in [9.17, 15) is 9.59 Å². The van der Waals surface area contributed by atoms with Crippen molar-refractivity contribution in [1.29, 1.82) is 0 Å². The molecular weight excluding hydrogens is 388 g/mol. The molecule has 2 amide bonds. The minimum Gasteiger partial charge on any atom is -0.342 e. The Hall–Kier alpha value is -2.89. The summed E-state index contributed by atoms with van der Waals surface area (Å²) in [6.07, 6.45) is 7.90. The zero-order valence-corrected chi connectivity index (χ0v) is 17.8. The zero-order valence-electron chi connectivity index (χ0n) is 17.8. The summed E-state index contributed by atoms with van der Waals surface area (Å²) in [7, 11) is 0. The third-order valence-corrected chi connectivity index (χ3v) is 8.21. The Bertz CT molecular complexity index is 1040. The standard InChI is InChI=1S/C25H28N4O2/c30-22(28-15-4-16-28)24-8-11-25(12-9-24,13-10-24)23(31)29-17-18-5-3-14-26-21(18)27-19-6-1-2-7-20(19)29/h1-3,5-7,14H,4,8-13,15-17H2,(H,26,27). The Kier molecular flexibility index (Phi) is 4.14. The second-order valence-corrected chi connectivity index (χ2v) is 9.75. The van der Waals surface area contributed by atoms with Gasteiger partial charge in [-0.2, -0.15) is 0 Å². The number of carbonyl (C=O) groups excluding carboxylic acids is 2. The van der Waals surface area contributed by atoms with Gasteiger partial charge in [-0.3, -0.25) is 9.59 Å². The number of carbonyl (C=O) groups is 2. The highest BCUT2D eigenvalue weighted by Crippen LogP contribution is 2.59. The molecule has 2 aliphatic heterocycles. The summed E-state index contributed by atoms with van der Waals surface area (Å²) in [5.74, 6) is 1.38. The number of fused-ring (bicyclic) bond motifs is 5. The van der Waals surface area contributed by atoms with Gasteiger partial charge in [0.15, 0.2) is 0 Å². The van der Waals surface area contributed by atoms with Crippen LogP contribution in [0.5, 0.6) is 0 Å². The number of hydrogen-bond donors (Lipinski definition) is 1. The molecule has 3 aliphatic carbocycles. The van der Waals surface area contributed by atoms with Crippen molar-refractivity contribution in [3.8, 4) is 0 Å². The first-order valence-corrected chi connectivity index (χ1v) is 11.5. The minimum absolute atomic E-state index is 0.211. The average molecular weight is 417 g/mol. The van der Waals surface area contributed by atoms with Gasteiger partial charge in [0.2, 0.25) is 11.8 Å². The summed E-state index contributed by atoms with van der Waals surface area (Å²) < 4.78 is 0. The highest BCUT2D eigenvalue weighted by Gasteiger charge is 2.57. The Morgan fingerprint density at radius 2 is 1.55 bits per heavy atom. The monoisotopic (exact) mass is 416 g/mol. The molecule has 7 rings (SSSR count). The van der Waals surface area contributed by atoms with Crippen molar-refractivity contribution >= 4 is 29.0 Å². The summed E-state index contributed by atoms with van der Waals surface area (Å²) in [6.45, 7) is 2.34. The van der Waals surface area contributed by atoms with Crippen LogP contribution in [0, 0.1) is 10.8 Å². The molecule has 0 unspecified atom stereocenters. The molecule has 0 spiro atoms. The Balaban J connectivity index is 1.30. The van der Waals surface area contributed by atoms with E-state index in [4.69, 9.17) is 0 Å². The van der Waals surface area contributed by atoms with Crippen LogP contribution in [0.4, 0.5) is 17.2 Å². The number of anilines is 3. The second-order valence-electron chi connectivity index (χ2n) is 9.75. The maximum Gasteiger partial charge on any atom is 0.233 e. The fourth-order valence-electron chi connectivity index (χ4n) is 6.03. The molecule has 2 bridgehead atoms. The first kappa shape index (κ1) is 18.8. The van der Waals surface area contributed by atoms with Gasteiger partial charge in [-0.15, -0.1) is 0 Å². The number of hydrogen-bond acceptors (Lipinski definition) is 4. The molecule has 1 N–H and O–H groups in total. The number of nitrogens with zero attached hydrogens (tertiary/aromatic N) is 3. The second kappa shape index (κ2) is 6.81. The molecule has 4 fully saturated rings. The molecule has 1 aromatic heterocycles. The third-order valence-electron chi connectivity index (χ3n) is 8.21. The summed E-state index contributed by atoms with van der Waals surface area (Å²) in [5.41, 5.74) is 2.29. The van der Waals surface area contributed by atoms with Crippen LogP contribution in [0.15, 0.2) is 42.6 Å². The molecule has 0 radical (unpaired) electrons. The number of amides is 2. The molecule has 1 saturated heterocycles. The van der Waals surface area contributed by atoms with Gasteiger partial charge in [-0.25, -0.2) is 4.98 Å². The lowest BCUT2D eigenvalue weighted by Crippen LogP contribution is -2.58. The van der Waals surface area contributed by atoms with E-state index in [-0.39, 0.29) is 16.7 Å². The lowest BCUT2D eigenvalue weighted by Gasteiger charge is -2.54. The highest BCUT2D eigenvalue weighted by molar-refractivity contribution is 6.02. The van der Waals surface area contributed by atoms with Gasteiger partial charge in [0, 0.05) is 35.7 Å². The lowest BCUT2D eigenvalue weighted by atomic mass is 9.52. The van der Waals surface area contributed by atoms with Crippen LogP contribution in [0.2, 0.25) is 0 Å². The van der Waals surface area contributed by atoms with E-state index in [1.807, 2.05) is 46.2 Å². The number of aromatic nitrogens is 1. The Morgan fingerprint density at radius 3 is 2.23 bits per heavy atom. The molecule has 1 aromatic carbocycles. The first-order chi connectivity index (χ1) is 15.1. The molecule has 6 nitrogen and oxygen atoms in total. The van der Waals surface area contributed by atoms with Crippen LogP contribution in [-0.4, -0.2) is 34.8 Å². The number of rotatable bonds is 2. The number of likely N-dealkylation sites (tertiary alicyclic amines) is 1. The largest absolute Gasteiger partial charge is 0.342 e. The number of pyridine rings is 1. The zero-order chi connectivity index (χ0) is 21.1. The Morgan fingerprint density at radius 1 is 0.871 bits per heavy atom. The fourth-order valence-corrected chi connectivity index (χ4v) is 6.03. The smallest absolute Gasteiger partial charge is 0.233 e. The van der Waals surface area contributed by atoms with Gasteiger partial charge in [0.1, 0.15) is 5.82 Å². The van der Waals surface area contributed by atoms with Crippen molar-refractivity contribution < 1.29 is 9.59 Å². The predicted octanol–water partition coefficient (Wildman–Crippen LogP) is 4.24. The fraction of sp³-hybridized carbons (Fsp3) is 0.480. The molecular formula is C25H28N4O2. The number of nitrogens with one attached hydrogen (secondary N) is 1. The molecule has 2 aromatic rings. The van der Waals surface area contributed by atoms with Crippen molar-refractivity contribution in [2.24, 2.45) is 10.8 Å². The van der Waals surface area contributed by atoms with Crippen LogP contribution in [0.3, 0.4) is 0 Å². The van der Waals surface area contributed by atoms with Crippen LogP contribution < -0.4 is 10.2 Å². The highest BCUT2D eigenvalue weighted by atomic mass is 16.2. The molecule has 5 aliphatic rings. The van der Waals surface area contributed by atoms with Crippen molar-refractivity contribution in [1.82, 2.24) is 9.88 Å². The van der Waals surface area contributed by atoms with Gasteiger partial charge >= 0.3 is 0 Å². The quantitative estimate of drug-likeness (QED) is 0.795. The number of para-hydroxylation sites is 2. The Labute approximate surface area is 182 Å². The SMILES string of the molecule is O=C(N1CCC1)C12CCC(C(=O)N3Cc4cccnc4Nc4ccccc43)(CC1)CC2. The predicted molar refractivity (Wildman–Crippen MR) is 119 cm³/mol. The van der Waals surface area contributed by atoms with E-state index in [0.29, 0.717) is 12.5 Å². The lowest BCUT2D eigenvalue weighted by molar-refractivity contribution is -0.160. The summed E-state index contributed by atoms with van der Waals surface area (Å²) in [6, 6.07) is 12.0. The van der Waals surface area contributed by atoms with Gasteiger partial charge in [0.25, 0.3) is 0 Å². The van der Waals surface area contributed by atoms with Crippen molar-refractivity contribution in [3.63, 3.8) is 0 Å². The first-order valence-electron chi connectivity index (χ1n) is 11.5. The average Bonchev–Trinajstić information content (AvgIpc) is 2.95. The van der Waals surface area contributed by atoms with E-state index < -0.39 is 0 Å². The summed E-state index contributed by atoms with van der Waals surface area (Å²) >= 11 is 0.